The molecule has 1 aromatic carbocycles. The van der Waals surface area contributed by atoms with Crippen LogP contribution in [0.2, 0.25) is 0 Å². The lowest BCUT2D eigenvalue weighted by atomic mass is 9.96. The molecule has 0 aromatic heterocycles. The highest BCUT2D eigenvalue weighted by atomic mass is 16.3. The van der Waals surface area contributed by atoms with Crippen molar-refractivity contribution in [3.63, 3.8) is 0 Å². The number of rotatable bonds is 9. The van der Waals surface area contributed by atoms with Crippen molar-refractivity contribution in [1.29, 1.82) is 0 Å². The number of nitrogens with zero attached hydrogens (tertiary/aromatic N) is 1. The second-order valence-corrected chi connectivity index (χ2v) is 8.51. The smallest absolute Gasteiger partial charge is 0.314 e. The van der Waals surface area contributed by atoms with Crippen molar-refractivity contribution in [3.05, 3.63) is 65.5 Å². The van der Waals surface area contributed by atoms with Crippen molar-refractivity contribution in [1.82, 2.24) is 26.6 Å². The Morgan fingerprint density at radius 1 is 1.20 bits per heavy atom. The highest BCUT2D eigenvalue weighted by molar-refractivity contribution is 5.73. The Hall–Kier alpha value is -2.93. The Labute approximate surface area is 177 Å². The Balaban J connectivity index is 1.13. The first-order chi connectivity index (χ1) is 14.6. The van der Waals surface area contributed by atoms with E-state index in [2.05, 4.69) is 46.0 Å². The fraction of sp³-hybridized carbons (Fsp3) is 0.435. The first-order valence-electron chi connectivity index (χ1n) is 10.7. The number of hydrazine groups is 2. The number of hydrogen-bond acceptors (Lipinski definition) is 5. The number of carbonyl (C=O) groups excluding carboxylic acids is 1. The zero-order valence-electron chi connectivity index (χ0n) is 17.3. The molecule has 7 heteroatoms. The van der Waals surface area contributed by atoms with Gasteiger partial charge in [-0.25, -0.2) is 4.79 Å². The highest BCUT2D eigenvalue weighted by Gasteiger charge is 2.42. The molecule has 4 rings (SSSR count). The van der Waals surface area contributed by atoms with E-state index in [0.717, 1.165) is 50.8 Å². The van der Waals surface area contributed by atoms with E-state index < -0.39 is 0 Å². The molecule has 0 unspecified atom stereocenters. The Morgan fingerprint density at radius 2 is 2.03 bits per heavy atom. The lowest BCUT2D eigenvalue weighted by molar-refractivity contribution is 0.238. The number of hydrogen-bond donors (Lipinski definition) is 5. The molecule has 0 radical (unpaired) electrons. The van der Waals surface area contributed by atoms with Crippen LogP contribution in [-0.4, -0.2) is 35.8 Å². The second kappa shape index (κ2) is 9.26. The van der Waals surface area contributed by atoms with E-state index in [4.69, 9.17) is 0 Å². The van der Waals surface area contributed by atoms with E-state index in [0.29, 0.717) is 13.1 Å². The summed E-state index contributed by atoms with van der Waals surface area (Å²) < 4.78 is 0. The molecule has 160 valence electrons. The third-order valence-corrected chi connectivity index (χ3v) is 5.92. The van der Waals surface area contributed by atoms with E-state index in [9.17, 15) is 9.90 Å². The molecule has 0 atom stereocenters. The topological polar surface area (TPSA) is 88.7 Å². The van der Waals surface area contributed by atoms with Gasteiger partial charge >= 0.3 is 6.03 Å². The number of allylic oxidation sites excluding steroid dienone is 3. The van der Waals surface area contributed by atoms with Crippen molar-refractivity contribution >= 4 is 6.03 Å². The molecule has 1 fully saturated rings. The van der Waals surface area contributed by atoms with Crippen LogP contribution in [0.4, 0.5) is 4.79 Å². The number of carbonyl (C=O) groups is 1. The van der Waals surface area contributed by atoms with Gasteiger partial charge in [0.1, 0.15) is 5.75 Å². The number of amides is 2. The van der Waals surface area contributed by atoms with Crippen LogP contribution in [0.5, 0.6) is 5.75 Å². The van der Waals surface area contributed by atoms with Gasteiger partial charge < -0.3 is 21.2 Å². The largest absolute Gasteiger partial charge is 0.508 e. The van der Waals surface area contributed by atoms with Crippen molar-refractivity contribution in [2.24, 2.45) is 5.41 Å². The predicted molar refractivity (Wildman–Crippen MR) is 117 cm³/mol. The van der Waals surface area contributed by atoms with Crippen molar-refractivity contribution in [2.75, 3.05) is 19.6 Å². The molecule has 30 heavy (non-hydrogen) atoms. The SMILES string of the molecule is O=C(NCCC1=CN(CC2=CC=CCC2)NN1)NCC1(Cc2ccc(O)cc2)CC1. The Kier molecular flexibility index (Phi) is 6.28. The zero-order chi connectivity index (χ0) is 20.8. The van der Waals surface area contributed by atoms with E-state index >= 15 is 0 Å². The van der Waals surface area contributed by atoms with E-state index in [-0.39, 0.29) is 17.2 Å². The number of phenolic OH excluding ortho intramolecular Hbond substituents is 1. The van der Waals surface area contributed by atoms with Gasteiger partial charge in [0.25, 0.3) is 0 Å². The number of nitrogens with one attached hydrogen (secondary N) is 4. The number of phenols is 1. The van der Waals surface area contributed by atoms with Gasteiger partial charge in [-0.15, -0.1) is 5.53 Å². The van der Waals surface area contributed by atoms with E-state index in [1.54, 1.807) is 12.1 Å². The quantitative estimate of drug-likeness (QED) is 0.433. The summed E-state index contributed by atoms with van der Waals surface area (Å²) >= 11 is 0. The minimum Gasteiger partial charge on any atom is -0.508 e. The van der Waals surface area contributed by atoms with Crippen LogP contribution in [-0.2, 0) is 6.42 Å². The molecule has 1 heterocycles. The molecule has 2 amide bonds. The highest BCUT2D eigenvalue weighted by Crippen LogP contribution is 2.47. The Bertz CT molecular complexity index is 840. The molecule has 5 N–H and O–H groups in total. The maximum absolute atomic E-state index is 12.2. The van der Waals surface area contributed by atoms with E-state index in [1.165, 1.54) is 11.1 Å². The van der Waals surface area contributed by atoms with Crippen LogP contribution < -0.4 is 21.6 Å². The molecule has 0 spiro atoms. The minimum atomic E-state index is -0.116. The Morgan fingerprint density at radius 3 is 2.77 bits per heavy atom. The number of aromatic hydroxyl groups is 1. The van der Waals surface area contributed by atoms with Crippen LogP contribution in [0.1, 0.15) is 37.7 Å². The normalized spacial score (nSPS) is 19.0. The summed E-state index contributed by atoms with van der Waals surface area (Å²) in [6.07, 6.45) is 14.7. The maximum atomic E-state index is 12.2. The van der Waals surface area contributed by atoms with Crippen LogP contribution in [0.25, 0.3) is 0 Å². The van der Waals surface area contributed by atoms with Gasteiger partial charge in [-0.2, -0.15) is 0 Å². The van der Waals surface area contributed by atoms with Gasteiger partial charge in [-0.05, 0) is 60.8 Å². The second-order valence-electron chi connectivity index (χ2n) is 8.51. The van der Waals surface area contributed by atoms with Crippen molar-refractivity contribution in [3.8, 4) is 5.75 Å². The molecular formula is C23H31N5O2. The van der Waals surface area contributed by atoms with Gasteiger partial charge in [0, 0.05) is 31.4 Å². The lowest BCUT2D eigenvalue weighted by Gasteiger charge is -2.18. The first-order valence-corrected chi connectivity index (χ1v) is 10.7. The van der Waals surface area contributed by atoms with Crippen molar-refractivity contribution < 1.29 is 9.90 Å². The summed E-state index contributed by atoms with van der Waals surface area (Å²) in [5.41, 5.74) is 10.2. The molecular weight excluding hydrogens is 378 g/mol. The van der Waals surface area contributed by atoms with Crippen LogP contribution in [0, 0.1) is 5.41 Å². The summed E-state index contributed by atoms with van der Waals surface area (Å²) in [5, 5.41) is 17.4. The standard InChI is InChI=1S/C23H31N5O2/c29-21-8-6-18(7-9-21)14-23(11-12-23)17-25-22(30)24-13-10-20-16-28(27-26-20)15-19-4-2-1-3-5-19/h1-2,4,6-9,16,26-27,29H,3,5,10-15,17H2,(H2,24,25,30). The van der Waals surface area contributed by atoms with Crippen LogP contribution in [0.15, 0.2) is 60.0 Å². The minimum absolute atomic E-state index is 0.116. The van der Waals surface area contributed by atoms with Crippen LogP contribution in [0.3, 0.4) is 0 Å². The maximum Gasteiger partial charge on any atom is 0.314 e. The van der Waals surface area contributed by atoms with Crippen molar-refractivity contribution in [2.45, 2.75) is 38.5 Å². The average molecular weight is 410 g/mol. The molecule has 2 aliphatic carbocycles. The fourth-order valence-corrected chi connectivity index (χ4v) is 3.89. The monoisotopic (exact) mass is 409 g/mol. The van der Waals surface area contributed by atoms with E-state index in [1.807, 2.05) is 17.1 Å². The van der Waals surface area contributed by atoms with Crippen LogP contribution >= 0.6 is 0 Å². The number of benzene rings is 1. The van der Waals surface area contributed by atoms with Gasteiger partial charge in [0.2, 0.25) is 0 Å². The molecule has 3 aliphatic rings. The average Bonchev–Trinajstić information content (AvgIpc) is 3.38. The molecule has 0 bridgehead atoms. The molecule has 1 aliphatic heterocycles. The predicted octanol–water partition coefficient (Wildman–Crippen LogP) is 2.85. The summed E-state index contributed by atoms with van der Waals surface area (Å²) in [6.45, 7) is 2.12. The van der Waals surface area contributed by atoms with Gasteiger partial charge in [0.05, 0.1) is 6.54 Å². The summed E-state index contributed by atoms with van der Waals surface area (Å²) in [4.78, 5) is 12.2. The summed E-state index contributed by atoms with van der Waals surface area (Å²) in [5.74, 6) is 0.287. The lowest BCUT2D eigenvalue weighted by Crippen LogP contribution is -2.40. The summed E-state index contributed by atoms with van der Waals surface area (Å²) in [7, 11) is 0. The molecule has 1 aromatic rings. The van der Waals surface area contributed by atoms with Gasteiger partial charge in [-0.3, -0.25) is 5.01 Å². The fourth-order valence-electron chi connectivity index (χ4n) is 3.89. The number of urea groups is 1. The summed E-state index contributed by atoms with van der Waals surface area (Å²) in [6, 6.07) is 7.23. The third kappa shape index (κ3) is 5.79. The molecule has 0 saturated heterocycles. The van der Waals surface area contributed by atoms with Gasteiger partial charge in [0.15, 0.2) is 0 Å². The zero-order valence-corrected chi connectivity index (χ0v) is 17.3. The third-order valence-electron chi connectivity index (χ3n) is 5.92. The first kappa shape index (κ1) is 20.3. The van der Waals surface area contributed by atoms with Gasteiger partial charge in [-0.1, -0.05) is 30.4 Å². The molecule has 7 nitrogen and oxygen atoms in total. The molecule has 1 saturated carbocycles.